The average molecular weight is 531 g/mol. The maximum Gasteiger partial charge on any atom is 0.351 e. The van der Waals surface area contributed by atoms with Gasteiger partial charge in [-0.25, -0.2) is 4.79 Å². The third-order valence-corrected chi connectivity index (χ3v) is 4.94. The van der Waals surface area contributed by atoms with Crippen LogP contribution >= 0.6 is 22.6 Å². The third kappa shape index (κ3) is 5.62. The SMILES string of the molecule is CC(=O)OC[C@H]1O[C@@H](n2cc(I)c(N)nc2=O)[C@H](OC(C)=O)[C@H]1OS(C)(=O)=O. The molecule has 0 aromatic carbocycles. The predicted octanol–water partition coefficient (Wildman–Crippen LogP) is -0.833. The van der Waals surface area contributed by atoms with Crippen LogP contribution in [0, 0.1) is 3.57 Å². The van der Waals surface area contributed by atoms with Gasteiger partial charge in [-0.3, -0.25) is 18.3 Å². The highest BCUT2D eigenvalue weighted by molar-refractivity contribution is 14.1. The van der Waals surface area contributed by atoms with Gasteiger partial charge in [-0.15, -0.1) is 0 Å². The Balaban J connectivity index is 2.50. The largest absolute Gasteiger partial charge is 0.463 e. The van der Waals surface area contributed by atoms with Gasteiger partial charge in [0.2, 0.25) is 0 Å². The fourth-order valence-electron chi connectivity index (χ4n) is 2.54. The summed E-state index contributed by atoms with van der Waals surface area (Å²) in [6, 6.07) is 0. The molecule has 2 heterocycles. The summed E-state index contributed by atoms with van der Waals surface area (Å²) in [5.41, 5.74) is 4.79. The van der Waals surface area contributed by atoms with Crippen molar-refractivity contribution in [3.63, 3.8) is 0 Å². The Kier molecular flexibility index (Phi) is 7.00. The van der Waals surface area contributed by atoms with Crippen molar-refractivity contribution in [2.24, 2.45) is 0 Å². The summed E-state index contributed by atoms with van der Waals surface area (Å²) in [5.74, 6) is -1.42. The first-order valence-electron chi connectivity index (χ1n) is 7.77. The number of hydrogen-bond donors (Lipinski definition) is 1. The van der Waals surface area contributed by atoms with Gasteiger partial charge in [-0.2, -0.15) is 13.4 Å². The first kappa shape index (κ1) is 22.5. The monoisotopic (exact) mass is 531 g/mol. The van der Waals surface area contributed by atoms with Crippen LogP contribution in [0.15, 0.2) is 11.0 Å². The molecule has 12 nitrogen and oxygen atoms in total. The van der Waals surface area contributed by atoms with Crippen LogP contribution in [-0.4, -0.2) is 61.1 Å². The van der Waals surface area contributed by atoms with Crippen molar-refractivity contribution < 1.29 is 36.4 Å². The zero-order valence-electron chi connectivity index (χ0n) is 15.0. The topological polar surface area (TPSA) is 166 Å². The van der Waals surface area contributed by atoms with E-state index in [1.165, 1.54) is 6.20 Å². The van der Waals surface area contributed by atoms with Crippen molar-refractivity contribution in [1.82, 2.24) is 9.55 Å². The minimum absolute atomic E-state index is 0.00992. The summed E-state index contributed by atoms with van der Waals surface area (Å²) in [6.45, 7) is 1.86. The van der Waals surface area contributed by atoms with Gasteiger partial charge in [0.25, 0.3) is 10.1 Å². The van der Waals surface area contributed by atoms with Crippen molar-refractivity contribution in [3.8, 4) is 0 Å². The molecule has 1 aromatic heterocycles. The lowest BCUT2D eigenvalue weighted by Gasteiger charge is -2.23. The highest BCUT2D eigenvalue weighted by Gasteiger charge is 2.51. The summed E-state index contributed by atoms with van der Waals surface area (Å²) >= 11 is 1.84. The number of nitrogens with zero attached hydrogens (tertiary/aromatic N) is 2. The molecule has 1 aliphatic heterocycles. The number of carbonyl (C=O) groups is 2. The number of aromatic nitrogens is 2. The summed E-state index contributed by atoms with van der Waals surface area (Å²) in [6.07, 6.45) is -3.02. The molecule has 1 aromatic rings. The second kappa shape index (κ2) is 8.71. The van der Waals surface area contributed by atoms with E-state index in [0.29, 0.717) is 3.57 Å². The molecule has 0 saturated carbocycles. The van der Waals surface area contributed by atoms with E-state index < -0.39 is 58.9 Å². The molecule has 28 heavy (non-hydrogen) atoms. The van der Waals surface area contributed by atoms with Crippen LogP contribution in [0.25, 0.3) is 0 Å². The zero-order chi connectivity index (χ0) is 21.2. The molecule has 0 bridgehead atoms. The molecule has 0 radical (unpaired) electrons. The van der Waals surface area contributed by atoms with E-state index in [2.05, 4.69) is 4.98 Å². The average Bonchev–Trinajstić information content (AvgIpc) is 2.84. The third-order valence-electron chi connectivity index (χ3n) is 3.53. The number of carbonyl (C=O) groups excluding carboxylic acids is 2. The lowest BCUT2D eigenvalue weighted by molar-refractivity contribution is -0.155. The number of ether oxygens (including phenoxy) is 3. The van der Waals surface area contributed by atoms with Crippen LogP contribution < -0.4 is 11.4 Å². The molecule has 156 valence electrons. The van der Waals surface area contributed by atoms with Gasteiger partial charge in [0, 0.05) is 20.0 Å². The van der Waals surface area contributed by atoms with Crippen molar-refractivity contribution >= 4 is 50.5 Å². The zero-order valence-corrected chi connectivity index (χ0v) is 18.0. The lowest BCUT2D eigenvalue weighted by atomic mass is 10.1. The number of hydrogen-bond acceptors (Lipinski definition) is 11. The molecule has 0 aliphatic carbocycles. The van der Waals surface area contributed by atoms with Crippen molar-refractivity contribution in [2.75, 3.05) is 18.6 Å². The maximum absolute atomic E-state index is 12.3. The molecule has 0 spiro atoms. The van der Waals surface area contributed by atoms with E-state index in [9.17, 15) is 22.8 Å². The minimum Gasteiger partial charge on any atom is -0.463 e. The fraction of sp³-hybridized carbons (Fsp3) is 0.571. The Morgan fingerprint density at radius 2 is 1.96 bits per heavy atom. The number of halogens is 1. The molecular weight excluding hydrogens is 513 g/mol. The van der Waals surface area contributed by atoms with Gasteiger partial charge in [0.1, 0.15) is 24.6 Å². The molecule has 0 amide bonds. The normalized spacial score (nSPS) is 24.7. The van der Waals surface area contributed by atoms with Crippen molar-refractivity contribution in [1.29, 1.82) is 0 Å². The number of esters is 2. The first-order valence-corrected chi connectivity index (χ1v) is 10.7. The molecule has 14 heteroatoms. The molecule has 4 atom stereocenters. The molecular formula is C14H18IN3O9S. The van der Waals surface area contributed by atoms with E-state index in [-0.39, 0.29) is 5.82 Å². The highest BCUT2D eigenvalue weighted by Crippen LogP contribution is 2.34. The van der Waals surface area contributed by atoms with Crippen LogP contribution in [0.1, 0.15) is 20.1 Å². The fourth-order valence-corrected chi connectivity index (χ4v) is 3.60. The van der Waals surface area contributed by atoms with Crippen LogP contribution in [0.2, 0.25) is 0 Å². The van der Waals surface area contributed by atoms with E-state index in [1.54, 1.807) is 0 Å². The smallest absolute Gasteiger partial charge is 0.351 e. The summed E-state index contributed by atoms with van der Waals surface area (Å²) in [7, 11) is -4.01. The molecule has 0 unspecified atom stereocenters. The van der Waals surface area contributed by atoms with Crippen molar-refractivity contribution in [3.05, 3.63) is 20.3 Å². The minimum atomic E-state index is -4.01. The van der Waals surface area contributed by atoms with Gasteiger partial charge < -0.3 is 19.9 Å². The van der Waals surface area contributed by atoms with Gasteiger partial charge in [0.15, 0.2) is 12.3 Å². The number of nitrogen functional groups attached to an aromatic ring is 1. The first-order chi connectivity index (χ1) is 12.9. The van der Waals surface area contributed by atoms with E-state index in [4.69, 9.17) is 24.1 Å². The number of anilines is 1. The lowest BCUT2D eigenvalue weighted by Crippen LogP contribution is -2.42. The summed E-state index contributed by atoms with van der Waals surface area (Å²) in [4.78, 5) is 38.6. The Morgan fingerprint density at radius 1 is 1.32 bits per heavy atom. The van der Waals surface area contributed by atoms with Gasteiger partial charge in [0.05, 0.1) is 9.83 Å². The second-order valence-electron chi connectivity index (χ2n) is 5.87. The molecule has 1 saturated heterocycles. The summed E-state index contributed by atoms with van der Waals surface area (Å²) < 4.78 is 45.5. The van der Waals surface area contributed by atoms with Crippen LogP contribution in [0.5, 0.6) is 0 Å². The Hall–Kier alpha value is -1.78. The van der Waals surface area contributed by atoms with Crippen LogP contribution in [0.3, 0.4) is 0 Å². The Labute approximate surface area is 173 Å². The highest BCUT2D eigenvalue weighted by atomic mass is 127. The number of rotatable bonds is 6. The molecule has 2 rings (SSSR count). The predicted molar refractivity (Wildman–Crippen MR) is 101 cm³/mol. The van der Waals surface area contributed by atoms with Gasteiger partial charge in [-0.1, -0.05) is 0 Å². The molecule has 1 fully saturated rings. The summed E-state index contributed by atoms with van der Waals surface area (Å²) in [5, 5.41) is 0. The Morgan fingerprint density at radius 3 is 2.50 bits per heavy atom. The van der Waals surface area contributed by atoms with Crippen LogP contribution in [0.4, 0.5) is 5.82 Å². The van der Waals surface area contributed by atoms with E-state index >= 15 is 0 Å². The Bertz CT molecular complexity index is 932. The van der Waals surface area contributed by atoms with Gasteiger partial charge >= 0.3 is 17.6 Å². The quantitative estimate of drug-likeness (QED) is 0.277. The van der Waals surface area contributed by atoms with Crippen molar-refractivity contribution in [2.45, 2.75) is 38.4 Å². The van der Waals surface area contributed by atoms with E-state index in [0.717, 1.165) is 24.7 Å². The molecule has 1 aliphatic rings. The van der Waals surface area contributed by atoms with E-state index in [1.807, 2.05) is 22.6 Å². The standard InChI is InChI=1S/C14H18IN3O9S/c1-6(19)24-5-9-10(27-28(3,22)23)11(25-7(2)20)13(26-9)18-4-8(15)12(16)17-14(18)21/h4,9-11,13H,5H2,1-3H3,(H2,16,17,21)/t9-,10+,11-,13-/m1/s1. The van der Waals surface area contributed by atoms with Gasteiger partial charge in [-0.05, 0) is 22.6 Å². The maximum atomic E-state index is 12.3. The molecule has 2 N–H and O–H groups in total. The number of nitrogens with two attached hydrogens (primary N) is 1. The second-order valence-corrected chi connectivity index (χ2v) is 8.63. The van der Waals surface area contributed by atoms with Crippen LogP contribution in [-0.2, 0) is 38.1 Å².